The molecule has 1 aromatic rings. The number of rotatable bonds is 1. The minimum absolute atomic E-state index is 0.875. The molecule has 0 aromatic heterocycles. The Labute approximate surface area is 61.0 Å². The standard InChI is InChI=1S/C6H6.C2H5NO/c1-2-4-6-5-3-1;1-4-2-3/h1-6H;2-3H,1H3. The van der Waals surface area contributed by atoms with E-state index in [2.05, 4.69) is 4.74 Å². The van der Waals surface area contributed by atoms with E-state index in [1.54, 1.807) is 0 Å². The lowest BCUT2D eigenvalue weighted by atomic mass is 10.4. The summed E-state index contributed by atoms with van der Waals surface area (Å²) in [7, 11) is 1.44. The summed E-state index contributed by atoms with van der Waals surface area (Å²) in [5.41, 5.74) is 0. The zero-order valence-electron chi connectivity index (χ0n) is 5.95. The molecule has 54 valence electrons. The summed E-state index contributed by atoms with van der Waals surface area (Å²) in [5.74, 6) is 0. The molecule has 0 atom stereocenters. The molecule has 2 heteroatoms. The van der Waals surface area contributed by atoms with Crippen LogP contribution in [0.25, 0.3) is 0 Å². The zero-order chi connectivity index (χ0) is 7.66. The van der Waals surface area contributed by atoms with E-state index in [1.165, 1.54) is 7.11 Å². The highest BCUT2D eigenvalue weighted by Gasteiger charge is 1.57. The topological polar surface area (TPSA) is 33.1 Å². The molecule has 1 N–H and O–H groups in total. The lowest BCUT2D eigenvalue weighted by molar-refractivity contribution is 0.419. The molecular weight excluding hydrogens is 126 g/mol. The molecule has 0 saturated carbocycles. The van der Waals surface area contributed by atoms with Crippen LogP contribution in [0.3, 0.4) is 0 Å². The smallest absolute Gasteiger partial charge is 0.166 e. The number of hydrogen-bond acceptors (Lipinski definition) is 2. The first-order chi connectivity index (χ1) is 4.91. The quantitative estimate of drug-likeness (QED) is 0.465. The Balaban J connectivity index is 0.000000180. The molecule has 0 heterocycles. The van der Waals surface area contributed by atoms with E-state index in [0.29, 0.717) is 0 Å². The first kappa shape index (κ1) is 8.69. The van der Waals surface area contributed by atoms with Gasteiger partial charge in [-0.25, -0.2) is 0 Å². The number of hydrogen-bond donors (Lipinski definition) is 1. The summed E-state index contributed by atoms with van der Waals surface area (Å²) in [6.07, 6.45) is 0.875. The highest BCUT2D eigenvalue weighted by molar-refractivity contribution is 5.40. The third-order valence-electron chi connectivity index (χ3n) is 0.785. The van der Waals surface area contributed by atoms with Crippen LogP contribution >= 0.6 is 0 Å². The average molecular weight is 137 g/mol. The van der Waals surface area contributed by atoms with Gasteiger partial charge in [0.15, 0.2) is 6.40 Å². The molecule has 0 fully saturated rings. The minimum atomic E-state index is 0.875. The number of benzene rings is 1. The van der Waals surface area contributed by atoms with Gasteiger partial charge < -0.3 is 4.74 Å². The van der Waals surface area contributed by atoms with Crippen LogP contribution in [0, 0.1) is 5.41 Å². The van der Waals surface area contributed by atoms with E-state index in [0.717, 1.165) is 6.40 Å². The SMILES string of the molecule is COC=N.c1ccccc1. The van der Waals surface area contributed by atoms with Crippen molar-refractivity contribution in [3.8, 4) is 0 Å². The first-order valence-corrected chi connectivity index (χ1v) is 2.93. The lowest BCUT2D eigenvalue weighted by Gasteiger charge is -1.70. The Morgan fingerprint density at radius 1 is 1.00 bits per heavy atom. The summed E-state index contributed by atoms with van der Waals surface area (Å²) in [6, 6.07) is 12.0. The van der Waals surface area contributed by atoms with Gasteiger partial charge in [0.1, 0.15) is 0 Å². The van der Waals surface area contributed by atoms with E-state index in [9.17, 15) is 0 Å². The molecular formula is C8H11NO. The van der Waals surface area contributed by atoms with Gasteiger partial charge in [-0.2, -0.15) is 0 Å². The predicted molar refractivity (Wildman–Crippen MR) is 42.2 cm³/mol. The van der Waals surface area contributed by atoms with Gasteiger partial charge in [-0.05, 0) is 0 Å². The normalized spacial score (nSPS) is 6.90. The molecule has 0 unspecified atom stereocenters. The average Bonchev–Trinajstić information content (AvgIpc) is 2.08. The zero-order valence-corrected chi connectivity index (χ0v) is 5.95. The van der Waals surface area contributed by atoms with Crippen LogP contribution in [0.15, 0.2) is 36.4 Å². The molecule has 0 aliphatic carbocycles. The largest absolute Gasteiger partial charge is 0.487 e. The van der Waals surface area contributed by atoms with Crippen molar-refractivity contribution in [3.63, 3.8) is 0 Å². The molecule has 0 amide bonds. The summed E-state index contributed by atoms with van der Waals surface area (Å²) in [6.45, 7) is 0. The Morgan fingerprint density at radius 2 is 1.20 bits per heavy atom. The van der Waals surface area contributed by atoms with Crippen molar-refractivity contribution in [3.05, 3.63) is 36.4 Å². The van der Waals surface area contributed by atoms with E-state index in [4.69, 9.17) is 5.41 Å². The molecule has 0 radical (unpaired) electrons. The molecule has 1 rings (SSSR count). The van der Waals surface area contributed by atoms with E-state index >= 15 is 0 Å². The fraction of sp³-hybridized carbons (Fsp3) is 0.125. The maximum atomic E-state index is 6.10. The Morgan fingerprint density at radius 3 is 1.30 bits per heavy atom. The highest BCUT2D eigenvalue weighted by Crippen LogP contribution is 1.79. The van der Waals surface area contributed by atoms with Gasteiger partial charge in [-0.1, -0.05) is 36.4 Å². The number of methoxy groups -OCH3 is 1. The van der Waals surface area contributed by atoms with Gasteiger partial charge in [-0.15, -0.1) is 0 Å². The van der Waals surface area contributed by atoms with Crippen molar-refractivity contribution < 1.29 is 4.74 Å². The minimum Gasteiger partial charge on any atom is -0.487 e. The Hall–Kier alpha value is -1.31. The van der Waals surface area contributed by atoms with Crippen molar-refractivity contribution in [1.82, 2.24) is 0 Å². The van der Waals surface area contributed by atoms with Gasteiger partial charge >= 0.3 is 0 Å². The molecule has 0 spiro atoms. The van der Waals surface area contributed by atoms with Crippen LogP contribution in [-0.2, 0) is 4.74 Å². The second kappa shape index (κ2) is 7.69. The Bertz CT molecular complexity index is 124. The third kappa shape index (κ3) is 6.69. The molecule has 0 aliphatic heterocycles. The van der Waals surface area contributed by atoms with Crippen molar-refractivity contribution in [2.75, 3.05) is 7.11 Å². The van der Waals surface area contributed by atoms with Gasteiger partial charge in [0.25, 0.3) is 0 Å². The first-order valence-electron chi connectivity index (χ1n) is 2.93. The molecule has 10 heavy (non-hydrogen) atoms. The van der Waals surface area contributed by atoms with Crippen molar-refractivity contribution in [1.29, 1.82) is 5.41 Å². The van der Waals surface area contributed by atoms with Crippen LogP contribution in [0.4, 0.5) is 0 Å². The van der Waals surface area contributed by atoms with Crippen molar-refractivity contribution in [2.24, 2.45) is 0 Å². The maximum Gasteiger partial charge on any atom is 0.166 e. The summed E-state index contributed by atoms with van der Waals surface area (Å²) >= 11 is 0. The van der Waals surface area contributed by atoms with Crippen LogP contribution < -0.4 is 0 Å². The summed E-state index contributed by atoms with van der Waals surface area (Å²) in [4.78, 5) is 0. The molecule has 0 saturated heterocycles. The second-order valence-electron chi connectivity index (χ2n) is 1.51. The van der Waals surface area contributed by atoms with Crippen LogP contribution in [0.2, 0.25) is 0 Å². The molecule has 0 bridgehead atoms. The third-order valence-corrected chi connectivity index (χ3v) is 0.785. The van der Waals surface area contributed by atoms with Crippen LogP contribution in [-0.4, -0.2) is 13.5 Å². The lowest BCUT2D eigenvalue weighted by Crippen LogP contribution is -1.66. The number of ether oxygens (including phenoxy) is 1. The van der Waals surface area contributed by atoms with Crippen molar-refractivity contribution in [2.45, 2.75) is 0 Å². The monoisotopic (exact) mass is 137 g/mol. The Kier molecular flexibility index (Phi) is 6.68. The van der Waals surface area contributed by atoms with Gasteiger partial charge in [0.2, 0.25) is 0 Å². The maximum absolute atomic E-state index is 6.10. The molecule has 1 aromatic carbocycles. The number of nitrogens with one attached hydrogen (secondary N) is 1. The summed E-state index contributed by atoms with van der Waals surface area (Å²) < 4.78 is 4.08. The fourth-order valence-electron chi connectivity index (χ4n) is 0.385. The van der Waals surface area contributed by atoms with E-state index < -0.39 is 0 Å². The van der Waals surface area contributed by atoms with Gasteiger partial charge in [0.05, 0.1) is 7.11 Å². The predicted octanol–water partition coefficient (Wildman–Crippen LogP) is 1.93. The van der Waals surface area contributed by atoms with Crippen LogP contribution in [0.5, 0.6) is 0 Å². The highest BCUT2D eigenvalue weighted by atomic mass is 16.5. The van der Waals surface area contributed by atoms with Crippen LogP contribution in [0.1, 0.15) is 0 Å². The van der Waals surface area contributed by atoms with E-state index in [-0.39, 0.29) is 0 Å². The second-order valence-corrected chi connectivity index (χ2v) is 1.51. The molecule has 2 nitrogen and oxygen atoms in total. The van der Waals surface area contributed by atoms with Gasteiger partial charge in [0, 0.05) is 0 Å². The van der Waals surface area contributed by atoms with Gasteiger partial charge in [-0.3, -0.25) is 5.41 Å². The fourth-order valence-corrected chi connectivity index (χ4v) is 0.385. The van der Waals surface area contributed by atoms with Crippen molar-refractivity contribution >= 4 is 6.40 Å². The summed E-state index contributed by atoms with van der Waals surface area (Å²) in [5, 5.41) is 6.10. The molecule has 0 aliphatic rings. The van der Waals surface area contributed by atoms with E-state index in [1.807, 2.05) is 36.4 Å².